The lowest BCUT2D eigenvalue weighted by Gasteiger charge is -2.20. The van der Waals surface area contributed by atoms with Gasteiger partial charge in [-0.05, 0) is 119 Å². The number of hydrogen-bond acceptors (Lipinski definition) is 5. The monoisotopic (exact) mass is 1080 g/mol. The van der Waals surface area contributed by atoms with Gasteiger partial charge in [-0.25, -0.2) is 0 Å². The van der Waals surface area contributed by atoms with Crippen molar-refractivity contribution in [3.63, 3.8) is 0 Å². The first-order chi connectivity index (χ1) is 34.1. The standard InChI is InChI=1S/C54H29F12OPS4/c55-51(56,57)34-14-6-30(7-15-34)39-22-26-43(69-39)47-48(44-27-23-40(70-44)31-8-16-35(17-9-31)52(58,59)60)50(46-29-25-42(72-46)33-12-20-37(21-13-33)54(64,65)66)68(67,38-4-2-1-3-5-38)49(47)45-28-24-41(71-45)32-10-18-36(19-11-32)53(61,62)63/h1-29H. The number of benzene rings is 5. The van der Waals surface area contributed by atoms with Gasteiger partial charge in [-0.3, -0.25) is 0 Å². The summed E-state index contributed by atoms with van der Waals surface area (Å²) in [5.41, 5.74) is -0.669. The van der Waals surface area contributed by atoms with Gasteiger partial charge in [-0.1, -0.05) is 78.9 Å². The largest absolute Gasteiger partial charge is 0.416 e. The molecule has 72 heavy (non-hydrogen) atoms. The first-order valence-corrected chi connectivity index (χ1v) is 26.3. The Kier molecular flexibility index (Phi) is 12.6. The normalized spacial score (nSPS) is 14.4. The van der Waals surface area contributed by atoms with E-state index >= 15 is 4.57 Å². The molecule has 10 rings (SSSR count). The van der Waals surface area contributed by atoms with Crippen LogP contribution in [0.4, 0.5) is 52.7 Å². The van der Waals surface area contributed by atoms with Crippen molar-refractivity contribution in [1.82, 2.24) is 0 Å². The summed E-state index contributed by atoms with van der Waals surface area (Å²) < 4.78 is 181. The van der Waals surface area contributed by atoms with Crippen molar-refractivity contribution in [3.05, 3.63) is 218 Å². The highest BCUT2D eigenvalue weighted by atomic mass is 32.1. The van der Waals surface area contributed by atoms with Gasteiger partial charge in [0.25, 0.3) is 0 Å². The highest BCUT2D eigenvalue weighted by molar-refractivity contribution is 7.92. The summed E-state index contributed by atoms with van der Waals surface area (Å²) in [6.45, 7) is 0. The highest BCUT2D eigenvalue weighted by Crippen LogP contribution is 2.78. The van der Waals surface area contributed by atoms with E-state index in [1.54, 1.807) is 78.9 Å². The Hall–Kier alpha value is -6.23. The third kappa shape index (κ3) is 9.37. The van der Waals surface area contributed by atoms with Crippen LogP contribution in [0.5, 0.6) is 0 Å². The maximum atomic E-state index is 17.3. The molecule has 5 aromatic carbocycles. The van der Waals surface area contributed by atoms with Gasteiger partial charge in [-0.15, -0.1) is 45.3 Å². The molecule has 0 amide bonds. The van der Waals surface area contributed by atoms with E-state index in [0.29, 0.717) is 88.4 Å². The summed E-state index contributed by atoms with van der Waals surface area (Å²) in [7, 11) is -4.18. The van der Waals surface area contributed by atoms with E-state index in [2.05, 4.69) is 0 Å². The van der Waals surface area contributed by atoms with Gasteiger partial charge in [0.2, 0.25) is 0 Å². The predicted octanol–water partition coefficient (Wildman–Crippen LogP) is 19.8. The molecule has 0 bridgehead atoms. The van der Waals surface area contributed by atoms with Gasteiger partial charge in [0.1, 0.15) is 0 Å². The average molecular weight is 1080 g/mol. The fraction of sp³-hybridized carbons (Fsp3) is 0.0741. The molecule has 0 saturated carbocycles. The SMILES string of the molecule is O=P1(c2ccccc2)C(c2ccc(-c3ccc(C(F)(F)F)cc3)s2)=C(c2ccc(-c3ccc(C(F)(F)F)cc3)s2)C(c2ccc(-c3ccc(C(F)(F)F)cc3)s2)=C1c1ccc(-c2ccc(C(F)(F)F)cc2)s1. The molecule has 9 aromatic rings. The molecule has 364 valence electrons. The average Bonchev–Trinajstić information content (AvgIpc) is 4.21. The molecule has 1 nitrogen and oxygen atoms in total. The van der Waals surface area contributed by atoms with Gasteiger partial charge >= 0.3 is 24.7 Å². The molecule has 1 aliphatic rings. The Morgan fingerprint density at radius 1 is 0.278 bits per heavy atom. The minimum Gasteiger partial charge on any atom is -0.308 e. The lowest BCUT2D eigenvalue weighted by atomic mass is 10.0. The summed E-state index contributed by atoms with van der Waals surface area (Å²) in [6, 6.07) is 41.0. The molecule has 5 heterocycles. The fourth-order valence-corrected chi connectivity index (χ4v) is 16.8. The topological polar surface area (TPSA) is 17.1 Å². The van der Waals surface area contributed by atoms with Crippen molar-refractivity contribution >= 4 is 79.6 Å². The number of alkyl halides is 12. The lowest BCUT2D eigenvalue weighted by Crippen LogP contribution is -2.05. The van der Waals surface area contributed by atoms with Crippen molar-refractivity contribution < 1.29 is 57.3 Å². The van der Waals surface area contributed by atoms with E-state index in [1.807, 2.05) is 0 Å². The zero-order chi connectivity index (χ0) is 51.0. The Morgan fingerprint density at radius 3 is 0.778 bits per heavy atom. The summed E-state index contributed by atoms with van der Waals surface area (Å²) in [5, 5.41) is 1.07. The van der Waals surface area contributed by atoms with Gasteiger partial charge in [0, 0.05) is 66.1 Å². The van der Waals surface area contributed by atoms with Crippen LogP contribution in [0.15, 0.2) is 176 Å². The summed E-state index contributed by atoms with van der Waals surface area (Å²) in [5.74, 6) is 0. The van der Waals surface area contributed by atoms with Crippen LogP contribution in [-0.4, -0.2) is 0 Å². The quantitative estimate of drug-likeness (QED) is 0.104. The minimum atomic E-state index is -4.59. The van der Waals surface area contributed by atoms with Gasteiger partial charge in [0.15, 0.2) is 7.14 Å². The van der Waals surface area contributed by atoms with Crippen LogP contribution in [0.25, 0.3) is 63.5 Å². The van der Waals surface area contributed by atoms with Crippen LogP contribution >= 0.6 is 52.5 Å². The van der Waals surface area contributed by atoms with Crippen molar-refractivity contribution in [1.29, 1.82) is 0 Å². The maximum absolute atomic E-state index is 17.3. The lowest BCUT2D eigenvalue weighted by molar-refractivity contribution is -0.138. The fourth-order valence-electron chi connectivity index (χ4n) is 8.39. The Balaban J connectivity index is 1.25. The molecule has 18 heteroatoms. The third-order valence-electron chi connectivity index (χ3n) is 11.8. The molecular formula is C54H29F12OPS4. The summed E-state index contributed by atoms with van der Waals surface area (Å²) in [6.07, 6.45) is -18.4. The first-order valence-electron chi connectivity index (χ1n) is 21.3. The zero-order valence-electron chi connectivity index (χ0n) is 36.3. The summed E-state index contributed by atoms with van der Waals surface area (Å²) >= 11 is 4.81. The van der Waals surface area contributed by atoms with Gasteiger partial charge < -0.3 is 4.57 Å². The van der Waals surface area contributed by atoms with Crippen molar-refractivity contribution in [2.45, 2.75) is 24.7 Å². The predicted molar refractivity (Wildman–Crippen MR) is 266 cm³/mol. The molecule has 4 aromatic heterocycles. The Labute approximate surface area is 418 Å². The molecule has 0 fully saturated rings. The third-order valence-corrected chi connectivity index (χ3v) is 20.0. The second-order valence-electron chi connectivity index (χ2n) is 16.3. The molecule has 1 aliphatic heterocycles. The Morgan fingerprint density at radius 2 is 0.514 bits per heavy atom. The second-order valence-corrected chi connectivity index (χ2v) is 23.3. The van der Waals surface area contributed by atoms with E-state index < -0.39 is 54.1 Å². The van der Waals surface area contributed by atoms with Gasteiger partial charge in [0.05, 0.1) is 22.3 Å². The number of allylic oxidation sites excluding steroid dienone is 2. The number of rotatable bonds is 9. The van der Waals surface area contributed by atoms with Crippen LogP contribution < -0.4 is 5.30 Å². The molecular weight excluding hydrogens is 1050 g/mol. The van der Waals surface area contributed by atoms with Crippen LogP contribution in [-0.2, 0) is 29.3 Å². The summed E-state index contributed by atoms with van der Waals surface area (Å²) in [4.78, 5) is 4.22. The molecule has 0 saturated heterocycles. The van der Waals surface area contributed by atoms with Crippen LogP contribution in [0, 0.1) is 0 Å². The van der Waals surface area contributed by atoms with Crippen LogP contribution in [0.1, 0.15) is 41.8 Å². The minimum absolute atomic E-state index is 0.344. The number of hydrogen-bond donors (Lipinski definition) is 0. The number of thiophene rings is 4. The maximum Gasteiger partial charge on any atom is 0.416 e. The van der Waals surface area contributed by atoms with Crippen LogP contribution in [0.3, 0.4) is 0 Å². The molecule has 0 N–H and O–H groups in total. The first kappa shape index (κ1) is 49.4. The molecule has 0 aliphatic carbocycles. The van der Waals surface area contributed by atoms with E-state index in [0.717, 1.165) is 48.5 Å². The second kappa shape index (κ2) is 18.4. The van der Waals surface area contributed by atoms with E-state index in [-0.39, 0.29) is 0 Å². The molecule has 0 spiro atoms. The van der Waals surface area contributed by atoms with Crippen molar-refractivity contribution in [3.8, 4) is 41.8 Å². The Bertz CT molecular complexity index is 3350. The van der Waals surface area contributed by atoms with E-state index in [9.17, 15) is 52.7 Å². The smallest absolute Gasteiger partial charge is 0.308 e. The van der Waals surface area contributed by atoms with Crippen molar-refractivity contribution in [2.24, 2.45) is 0 Å². The molecule has 0 unspecified atom stereocenters. The zero-order valence-corrected chi connectivity index (χ0v) is 40.4. The number of halogens is 12. The van der Waals surface area contributed by atoms with Gasteiger partial charge in [-0.2, -0.15) is 52.7 Å². The highest BCUT2D eigenvalue weighted by Gasteiger charge is 2.48. The van der Waals surface area contributed by atoms with Crippen LogP contribution in [0.2, 0.25) is 0 Å². The molecule has 0 atom stereocenters. The molecule has 0 radical (unpaired) electrons. The van der Waals surface area contributed by atoms with E-state index in [4.69, 9.17) is 0 Å². The van der Waals surface area contributed by atoms with E-state index in [1.165, 1.54) is 93.9 Å². The van der Waals surface area contributed by atoms with Crippen molar-refractivity contribution in [2.75, 3.05) is 0 Å².